The van der Waals surface area contributed by atoms with Crippen molar-refractivity contribution >= 4 is 23.2 Å². The van der Waals surface area contributed by atoms with Gasteiger partial charge in [0.2, 0.25) is 11.8 Å². The molecule has 1 aromatic carbocycles. The van der Waals surface area contributed by atoms with Gasteiger partial charge in [-0.3, -0.25) is 9.59 Å². The minimum Gasteiger partial charge on any atom is -0.325 e. The minimum atomic E-state index is -0.523. The van der Waals surface area contributed by atoms with Crippen LogP contribution in [0.2, 0.25) is 0 Å². The Kier molecular flexibility index (Phi) is 5.27. The summed E-state index contributed by atoms with van der Waals surface area (Å²) < 4.78 is 13.8. The molecule has 2 rings (SSSR count). The second-order valence-corrected chi connectivity index (χ2v) is 5.27. The zero-order chi connectivity index (χ0) is 15.2. The SMILES string of the molecule is NCC(=O)Nc1ccc(F)c(NC(=O)C2CCCCC2)c1. The maximum atomic E-state index is 13.8. The van der Waals surface area contributed by atoms with Crippen LogP contribution in [0.4, 0.5) is 15.8 Å². The Morgan fingerprint density at radius 3 is 2.57 bits per heavy atom. The molecule has 1 aliphatic rings. The molecule has 1 aliphatic carbocycles. The van der Waals surface area contributed by atoms with Gasteiger partial charge in [0.15, 0.2) is 0 Å². The molecule has 0 bridgehead atoms. The zero-order valence-corrected chi connectivity index (χ0v) is 11.8. The van der Waals surface area contributed by atoms with Gasteiger partial charge in [0.25, 0.3) is 0 Å². The second-order valence-electron chi connectivity index (χ2n) is 5.27. The van der Waals surface area contributed by atoms with E-state index in [0.29, 0.717) is 5.69 Å². The van der Waals surface area contributed by atoms with Crippen molar-refractivity contribution in [2.24, 2.45) is 11.7 Å². The van der Waals surface area contributed by atoms with Crippen molar-refractivity contribution in [2.75, 3.05) is 17.2 Å². The van der Waals surface area contributed by atoms with Gasteiger partial charge in [0, 0.05) is 11.6 Å². The van der Waals surface area contributed by atoms with Crippen LogP contribution in [0, 0.1) is 11.7 Å². The highest BCUT2D eigenvalue weighted by molar-refractivity contribution is 5.95. The normalized spacial score (nSPS) is 15.5. The molecule has 0 heterocycles. The number of nitrogens with one attached hydrogen (secondary N) is 2. The van der Waals surface area contributed by atoms with Crippen molar-refractivity contribution in [1.29, 1.82) is 0 Å². The highest BCUT2D eigenvalue weighted by Crippen LogP contribution is 2.26. The minimum absolute atomic E-state index is 0.0551. The van der Waals surface area contributed by atoms with E-state index in [1.807, 2.05) is 0 Å². The van der Waals surface area contributed by atoms with E-state index < -0.39 is 5.82 Å². The molecule has 0 atom stereocenters. The van der Waals surface area contributed by atoms with Crippen LogP contribution in [-0.4, -0.2) is 18.4 Å². The molecule has 0 aliphatic heterocycles. The summed E-state index contributed by atoms with van der Waals surface area (Å²) >= 11 is 0. The van der Waals surface area contributed by atoms with Crippen LogP contribution in [0.3, 0.4) is 0 Å². The maximum Gasteiger partial charge on any atom is 0.238 e. The fourth-order valence-electron chi connectivity index (χ4n) is 2.51. The lowest BCUT2D eigenvalue weighted by atomic mass is 9.88. The lowest BCUT2D eigenvalue weighted by Gasteiger charge is -2.21. The third kappa shape index (κ3) is 4.26. The van der Waals surface area contributed by atoms with E-state index in [0.717, 1.165) is 32.1 Å². The van der Waals surface area contributed by atoms with Gasteiger partial charge in [-0.05, 0) is 31.0 Å². The van der Waals surface area contributed by atoms with Crippen LogP contribution >= 0.6 is 0 Å². The van der Waals surface area contributed by atoms with Crippen LogP contribution in [0.5, 0.6) is 0 Å². The molecule has 5 nitrogen and oxygen atoms in total. The van der Waals surface area contributed by atoms with E-state index >= 15 is 0 Å². The number of rotatable bonds is 4. The molecule has 4 N–H and O–H groups in total. The fourth-order valence-corrected chi connectivity index (χ4v) is 2.51. The van der Waals surface area contributed by atoms with Gasteiger partial charge in [0.1, 0.15) is 5.82 Å². The van der Waals surface area contributed by atoms with Gasteiger partial charge in [-0.1, -0.05) is 19.3 Å². The Labute approximate surface area is 123 Å². The van der Waals surface area contributed by atoms with Crippen molar-refractivity contribution in [2.45, 2.75) is 32.1 Å². The first kappa shape index (κ1) is 15.4. The molecular formula is C15H20FN3O2. The highest BCUT2D eigenvalue weighted by Gasteiger charge is 2.22. The maximum absolute atomic E-state index is 13.8. The zero-order valence-electron chi connectivity index (χ0n) is 11.8. The summed E-state index contributed by atoms with van der Waals surface area (Å²) in [6.45, 7) is -0.152. The smallest absolute Gasteiger partial charge is 0.238 e. The standard InChI is InChI=1S/C15H20FN3O2/c16-12-7-6-11(18-14(20)9-17)8-13(12)19-15(21)10-4-2-1-3-5-10/h6-8,10H,1-5,9,17H2,(H,18,20)(H,19,21). The number of halogens is 1. The molecule has 0 saturated heterocycles. The third-order valence-electron chi connectivity index (χ3n) is 3.67. The summed E-state index contributed by atoms with van der Waals surface area (Å²) in [5.41, 5.74) is 5.70. The molecule has 0 unspecified atom stereocenters. The predicted octanol–water partition coefficient (Wildman–Crippen LogP) is 2.24. The van der Waals surface area contributed by atoms with Gasteiger partial charge >= 0.3 is 0 Å². The lowest BCUT2D eigenvalue weighted by Crippen LogP contribution is -2.25. The van der Waals surface area contributed by atoms with Gasteiger partial charge in [-0.25, -0.2) is 4.39 Å². The Bertz CT molecular complexity index is 528. The van der Waals surface area contributed by atoms with Gasteiger partial charge in [-0.2, -0.15) is 0 Å². The number of hydrogen-bond acceptors (Lipinski definition) is 3. The molecule has 0 spiro atoms. The lowest BCUT2D eigenvalue weighted by molar-refractivity contribution is -0.120. The van der Waals surface area contributed by atoms with Crippen molar-refractivity contribution in [3.63, 3.8) is 0 Å². The molecule has 0 radical (unpaired) electrons. The Hall–Kier alpha value is -1.95. The Morgan fingerprint density at radius 2 is 1.90 bits per heavy atom. The second kappa shape index (κ2) is 7.17. The molecule has 21 heavy (non-hydrogen) atoms. The van der Waals surface area contributed by atoms with Crippen LogP contribution in [0.15, 0.2) is 18.2 Å². The third-order valence-corrected chi connectivity index (χ3v) is 3.67. The quantitative estimate of drug-likeness (QED) is 0.796. The summed E-state index contributed by atoms with van der Waals surface area (Å²) in [6.07, 6.45) is 4.91. The van der Waals surface area contributed by atoms with Crippen molar-refractivity contribution in [3.05, 3.63) is 24.0 Å². The molecule has 114 valence electrons. The summed E-state index contributed by atoms with van der Waals surface area (Å²) in [5.74, 6) is -1.10. The molecule has 1 aromatic rings. The number of amides is 2. The van der Waals surface area contributed by atoms with E-state index in [9.17, 15) is 14.0 Å². The number of carbonyl (C=O) groups is 2. The van der Waals surface area contributed by atoms with Gasteiger partial charge in [0.05, 0.1) is 12.2 Å². The summed E-state index contributed by atoms with van der Waals surface area (Å²) in [5, 5.41) is 5.15. The number of nitrogens with two attached hydrogens (primary N) is 1. The average Bonchev–Trinajstić information content (AvgIpc) is 2.51. The Balaban J connectivity index is 2.05. The van der Waals surface area contributed by atoms with E-state index in [1.165, 1.54) is 18.2 Å². The number of carbonyl (C=O) groups excluding carboxylic acids is 2. The van der Waals surface area contributed by atoms with E-state index in [1.54, 1.807) is 0 Å². The van der Waals surface area contributed by atoms with Crippen LogP contribution in [0.25, 0.3) is 0 Å². The van der Waals surface area contributed by atoms with Gasteiger partial charge in [-0.15, -0.1) is 0 Å². The summed E-state index contributed by atoms with van der Waals surface area (Å²) in [6, 6.07) is 4.05. The van der Waals surface area contributed by atoms with Crippen molar-refractivity contribution in [1.82, 2.24) is 0 Å². The van der Waals surface area contributed by atoms with Crippen LogP contribution in [0.1, 0.15) is 32.1 Å². The van der Waals surface area contributed by atoms with E-state index in [2.05, 4.69) is 10.6 Å². The molecule has 2 amide bonds. The summed E-state index contributed by atoms with van der Waals surface area (Å²) in [7, 11) is 0. The number of hydrogen-bond donors (Lipinski definition) is 3. The number of benzene rings is 1. The highest BCUT2D eigenvalue weighted by atomic mass is 19.1. The largest absolute Gasteiger partial charge is 0.325 e. The molecule has 1 saturated carbocycles. The predicted molar refractivity (Wildman–Crippen MR) is 79.3 cm³/mol. The first-order chi connectivity index (χ1) is 10.1. The monoisotopic (exact) mass is 293 g/mol. The van der Waals surface area contributed by atoms with Crippen molar-refractivity contribution in [3.8, 4) is 0 Å². The van der Waals surface area contributed by atoms with Gasteiger partial charge < -0.3 is 16.4 Å². The first-order valence-corrected chi connectivity index (χ1v) is 7.20. The van der Waals surface area contributed by atoms with Crippen LogP contribution in [-0.2, 0) is 9.59 Å². The van der Waals surface area contributed by atoms with E-state index in [4.69, 9.17) is 5.73 Å². The average molecular weight is 293 g/mol. The molecule has 6 heteroatoms. The first-order valence-electron chi connectivity index (χ1n) is 7.20. The Morgan fingerprint density at radius 1 is 1.19 bits per heavy atom. The summed E-state index contributed by atoms with van der Waals surface area (Å²) in [4.78, 5) is 23.4. The van der Waals surface area contributed by atoms with Crippen LogP contribution < -0.4 is 16.4 Å². The molecule has 0 aromatic heterocycles. The molecule has 1 fully saturated rings. The topological polar surface area (TPSA) is 84.2 Å². The fraction of sp³-hybridized carbons (Fsp3) is 0.467. The molecular weight excluding hydrogens is 273 g/mol. The van der Waals surface area contributed by atoms with E-state index in [-0.39, 0.29) is 30.0 Å². The van der Waals surface area contributed by atoms with Crippen molar-refractivity contribution < 1.29 is 14.0 Å². The number of anilines is 2.